The normalized spacial score (nSPS) is 31.6. The Morgan fingerprint density at radius 2 is 1.91 bits per heavy atom. The molecule has 2 aliphatic heterocycles. The predicted molar refractivity (Wildman–Crippen MR) is 89.1 cm³/mol. The lowest BCUT2D eigenvalue weighted by molar-refractivity contribution is -0.139. The van der Waals surface area contributed by atoms with Gasteiger partial charge >= 0.3 is 6.03 Å². The highest BCUT2D eigenvalue weighted by Gasteiger charge is 2.52. The molecule has 0 atom stereocenters. The number of rotatable bonds is 3. The summed E-state index contributed by atoms with van der Waals surface area (Å²) in [6.45, 7) is 3.46. The first-order valence-electron chi connectivity index (χ1n) is 8.55. The van der Waals surface area contributed by atoms with Gasteiger partial charge in [-0.3, -0.25) is 14.5 Å². The number of hydrogen-bond acceptors (Lipinski definition) is 4. The van der Waals surface area contributed by atoms with E-state index in [0.29, 0.717) is 31.8 Å². The molecular formula is C16H25N3O3S. The Bertz CT molecular complexity index is 497. The third kappa shape index (κ3) is 3.20. The number of nitrogens with one attached hydrogen (secondary N) is 1. The first kappa shape index (κ1) is 16.6. The zero-order chi connectivity index (χ0) is 16.4. The molecule has 1 spiro atoms. The van der Waals surface area contributed by atoms with Crippen molar-refractivity contribution in [2.75, 3.05) is 31.1 Å². The van der Waals surface area contributed by atoms with Crippen LogP contribution >= 0.6 is 11.8 Å². The third-order valence-electron chi connectivity index (χ3n) is 5.44. The van der Waals surface area contributed by atoms with Gasteiger partial charge in [-0.2, -0.15) is 11.8 Å². The summed E-state index contributed by atoms with van der Waals surface area (Å²) in [6.07, 6.45) is 4.44. The maximum atomic E-state index is 12.8. The number of carbonyl (C=O) groups excluding carboxylic acids is 3. The van der Waals surface area contributed by atoms with E-state index < -0.39 is 11.6 Å². The molecule has 0 aromatic carbocycles. The van der Waals surface area contributed by atoms with Crippen molar-refractivity contribution in [3.8, 4) is 0 Å². The van der Waals surface area contributed by atoms with Crippen molar-refractivity contribution in [2.24, 2.45) is 5.92 Å². The van der Waals surface area contributed by atoms with Crippen LogP contribution in [0.15, 0.2) is 0 Å². The van der Waals surface area contributed by atoms with Gasteiger partial charge in [0.2, 0.25) is 5.91 Å². The van der Waals surface area contributed by atoms with E-state index in [1.807, 2.05) is 11.8 Å². The van der Waals surface area contributed by atoms with Crippen molar-refractivity contribution in [1.29, 1.82) is 0 Å². The SMILES string of the molecule is CCC1CCC2(CC1)NC(=O)N(CC(=O)N1CCSCC1)C2=O. The van der Waals surface area contributed by atoms with E-state index in [1.54, 1.807) is 4.90 Å². The summed E-state index contributed by atoms with van der Waals surface area (Å²) in [5, 5.41) is 2.88. The zero-order valence-corrected chi connectivity index (χ0v) is 14.5. The van der Waals surface area contributed by atoms with Crippen LogP contribution in [-0.4, -0.2) is 64.3 Å². The van der Waals surface area contributed by atoms with Crippen LogP contribution in [0.25, 0.3) is 0 Å². The van der Waals surface area contributed by atoms with Gasteiger partial charge in [-0.05, 0) is 31.6 Å². The minimum absolute atomic E-state index is 0.117. The Balaban J connectivity index is 1.63. The number of carbonyl (C=O) groups is 3. The van der Waals surface area contributed by atoms with Crippen molar-refractivity contribution in [1.82, 2.24) is 15.1 Å². The van der Waals surface area contributed by atoms with Gasteiger partial charge in [-0.25, -0.2) is 4.79 Å². The molecule has 2 heterocycles. The molecule has 23 heavy (non-hydrogen) atoms. The van der Waals surface area contributed by atoms with Crippen LogP contribution in [0.3, 0.4) is 0 Å². The quantitative estimate of drug-likeness (QED) is 0.790. The molecule has 4 amide bonds. The number of thioether (sulfide) groups is 1. The standard InChI is InChI=1S/C16H25N3O3S/c1-2-12-3-5-16(6-4-12)14(21)19(15(22)17-16)11-13(20)18-7-9-23-10-8-18/h12H,2-11H2,1H3,(H,17,22). The van der Waals surface area contributed by atoms with Gasteiger partial charge < -0.3 is 10.2 Å². The molecule has 6 nitrogen and oxygen atoms in total. The van der Waals surface area contributed by atoms with E-state index in [4.69, 9.17) is 0 Å². The first-order chi connectivity index (χ1) is 11.1. The molecule has 0 radical (unpaired) electrons. The van der Waals surface area contributed by atoms with Gasteiger partial charge in [-0.1, -0.05) is 13.3 Å². The van der Waals surface area contributed by atoms with Crippen molar-refractivity contribution in [3.63, 3.8) is 0 Å². The second-order valence-electron chi connectivity index (χ2n) is 6.75. The van der Waals surface area contributed by atoms with E-state index in [9.17, 15) is 14.4 Å². The highest BCUT2D eigenvalue weighted by atomic mass is 32.2. The Morgan fingerprint density at radius 1 is 1.26 bits per heavy atom. The number of amides is 4. The maximum Gasteiger partial charge on any atom is 0.325 e. The molecule has 1 saturated carbocycles. The molecule has 0 aromatic rings. The average molecular weight is 339 g/mol. The molecule has 0 aromatic heterocycles. The first-order valence-corrected chi connectivity index (χ1v) is 9.71. The van der Waals surface area contributed by atoms with E-state index in [2.05, 4.69) is 12.2 Å². The van der Waals surface area contributed by atoms with Crippen LogP contribution in [-0.2, 0) is 9.59 Å². The van der Waals surface area contributed by atoms with Crippen LogP contribution in [0.1, 0.15) is 39.0 Å². The van der Waals surface area contributed by atoms with Crippen LogP contribution < -0.4 is 5.32 Å². The second-order valence-corrected chi connectivity index (χ2v) is 7.97. The topological polar surface area (TPSA) is 69.7 Å². The monoisotopic (exact) mass is 339 g/mol. The molecule has 1 aliphatic carbocycles. The molecular weight excluding hydrogens is 314 g/mol. The Morgan fingerprint density at radius 3 is 2.52 bits per heavy atom. The Hall–Kier alpha value is -1.24. The molecule has 1 N–H and O–H groups in total. The molecule has 3 aliphatic rings. The lowest BCUT2D eigenvalue weighted by Gasteiger charge is -2.34. The summed E-state index contributed by atoms with van der Waals surface area (Å²) < 4.78 is 0. The van der Waals surface area contributed by atoms with Gasteiger partial charge in [-0.15, -0.1) is 0 Å². The summed E-state index contributed by atoms with van der Waals surface area (Å²) in [4.78, 5) is 40.3. The summed E-state index contributed by atoms with van der Waals surface area (Å²) >= 11 is 1.83. The third-order valence-corrected chi connectivity index (χ3v) is 6.38. The number of hydrogen-bond donors (Lipinski definition) is 1. The number of nitrogens with zero attached hydrogens (tertiary/aromatic N) is 2. The van der Waals surface area contributed by atoms with E-state index in [0.717, 1.165) is 35.7 Å². The fourth-order valence-corrected chi connectivity index (χ4v) is 4.69. The van der Waals surface area contributed by atoms with Gasteiger partial charge in [0.25, 0.3) is 5.91 Å². The van der Waals surface area contributed by atoms with Gasteiger partial charge in [0.05, 0.1) is 0 Å². The van der Waals surface area contributed by atoms with Crippen LogP contribution in [0.4, 0.5) is 4.79 Å². The van der Waals surface area contributed by atoms with E-state index >= 15 is 0 Å². The van der Waals surface area contributed by atoms with Crippen LogP contribution in [0, 0.1) is 5.92 Å². The van der Waals surface area contributed by atoms with Crippen LogP contribution in [0.2, 0.25) is 0 Å². The van der Waals surface area contributed by atoms with Gasteiger partial charge in [0, 0.05) is 24.6 Å². The van der Waals surface area contributed by atoms with Crippen LogP contribution in [0.5, 0.6) is 0 Å². The molecule has 3 fully saturated rings. The summed E-state index contributed by atoms with van der Waals surface area (Å²) in [7, 11) is 0. The van der Waals surface area contributed by atoms with Gasteiger partial charge in [0.1, 0.15) is 12.1 Å². The molecule has 3 rings (SSSR count). The fourth-order valence-electron chi connectivity index (χ4n) is 3.79. The largest absolute Gasteiger partial charge is 0.339 e. The molecule has 2 saturated heterocycles. The molecule has 7 heteroatoms. The number of urea groups is 1. The zero-order valence-electron chi connectivity index (χ0n) is 13.7. The highest BCUT2D eigenvalue weighted by molar-refractivity contribution is 7.99. The molecule has 0 bridgehead atoms. The van der Waals surface area contributed by atoms with E-state index in [1.165, 1.54) is 0 Å². The van der Waals surface area contributed by atoms with Crippen molar-refractivity contribution >= 4 is 29.6 Å². The summed E-state index contributed by atoms with van der Waals surface area (Å²) in [6, 6.07) is -0.398. The number of imide groups is 1. The second kappa shape index (κ2) is 6.71. The van der Waals surface area contributed by atoms with Gasteiger partial charge in [0.15, 0.2) is 0 Å². The summed E-state index contributed by atoms with van der Waals surface area (Å²) in [5.74, 6) is 2.18. The highest BCUT2D eigenvalue weighted by Crippen LogP contribution is 2.37. The molecule has 0 unspecified atom stereocenters. The lowest BCUT2D eigenvalue weighted by Crippen LogP contribution is -2.50. The predicted octanol–water partition coefficient (Wildman–Crippen LogP) is 1.45. The Labute approximate surface area is 141 Å². The van der Waals surface area contributed by atoms with Crippen molar-refractivity contribution in [2.45, 2.75) is 44.6 Å². The fraction of sp³-hybridized carbons (Fsp3) is 0.812. The maximum absolute atomic E-state index is 12.8. The summed E-state index contributed by atoms with van der Waals surface area (Å²) in [5.41, 5.74) is -0.749. The Kier molecular flexibility index (Phi) is 4.85. The van der Waals surface area contributed by atoms with Crippen molar-refractivity contribution < 1.29 is 14.4 Å². The van der Waals surface area contributed by atoms with Crippen molar-refractivity contribution in [3.05, 3.63) is 0 Å². The molecule has 128 valence electrons. The smallest absolute Gasteiger partial charge is 0.325 e. The van der Waals surface area contributed by atoms with E-state index in [-0.39, 0.29) is 18.4 Å². The lowest BCUT2D eigenvalue weighted by atomic mass is 9.75. The minimum atomic E-state index is -0.749. The average Bonchev–Trinajstić information content (AvgIpc) is 2.81. The minimum Gasteiger partial charge on any atom is -0.339 e.